The number of piperidine rings is 1. The van der Waals surface area contributed by atoms with Crippen LogP contribution in [0.5, 0.6) is 0 Å². The third-order valence-corrected chi connectivity index (χ3v) is 8.01. The molecular weight excluding hydrogens is 444 g/mol. The minimum absolute atomic E-state index is 0.271. The Morgan fingerprint density at radius 2 is 1.76 bits per heavy atom. The van der Waals surface area contributed by atoms with Crippen LogP contribution in [0.3, 0.4) is 0 Å². The van der Waals surface area contributed by atoms with Crippen LogP contribution < -0.4 is 4.90 Å². The Balaban J connectivity index is 1.15. The van der Waals surface area contributed by atoms with Gasteiger partial charge in [0.25, 0.3) is 0 Å². The number of benzene rings is 1. The molecule has 1 spiro atoms. The maximum Gasteiger partial charge on any atom is 0.147 e. The van der Waals surface area contributed by atoms with E-state index < -0.39 is 0 Å². The second kappa shape index (κ2) is 7.67. The van der Waals surface area contributed by atoms with Crippen molar-refractivity contribution >= 4 is 33.8 Å². The van der Waals surface area contributed by atoms with Crippen molar-refractivity contribution in [2.75, 3.05) is 18.0 Å². The van der Waals surface area contributed by atoms with Crippen molar-refractivity contribution in [1.82, 2.24) is 15.1 Å². The molecule has 0 atom stereocenters. The van der Waals surface area contributed by atoms with Gasteiger partial charge in [-0.1, -0.05) is 28.9 Å². The van der Waals surface area contributed by atoms with Crippen molar-refractivity contribution in [2.24, 2.45) is 5.41 Å². The summed E-state index contributed by atoms with van der Waals surface area (Å²) in [5.41, 5.74) is 6.64. The van der Waals surface area contributed by atoms with Gasteiger partial charge < -0.3 is 9.42 Å². The highest BCUT2D eigenvalue weighted by Gasteiger charge is 2.44. The SMILES string of the molecule is Clc1cccnc1-c1noc(C2CC2)c1C1=CC2(CCN(c3ccc4ncccc4c3)CC2)C1. The van der Waals surface area contributed by atoms with E-state index in [1.807, 2.05) is 24.4 Å². The maximum absolute atomic E-state index is 6.48. The summed E-state index contributed by atoms with van der Waals surface area (Å²) in [7, 11) is 0. The fourth-order valence-corrected chi connectivity index (χ4v) is 5.84. The molecule has 34 heavy (non-hydrogen) atoms. The largest absolute Gasteiger partial charge is 0.371 e. The number of anilines is 1. The highest BCUT2D eigenvalue weighted by molar-refractivity contribution is 6.33. The van der Waals surface area contributed by atoms with Crippen molar-refractivity contribution in [3.63, 3.8) is 0 Å². The van der Waals surface area contributed by atoms with E-state index in [0.29, 0.717) is 10.9 Å². The third-order valence-electron chi connectivity index (χ3n) is 7.70. The molecule has 3 aliphatic rings. The number of halogens is 1. The zero-order chi connectivity index (χ0) is 22.7. The number of aromatic nitrogens is 3. The van der Waals surface area contributed by atoms with Crippen LogP contribution in [0.4, 0.5) is 5.69 Å². The van der Waals surface area contributed by atoms with Crippen molar-refractivity contribution in [2.45, 2.75) is 38.0 Å². The number of pyridine rings is 2. The number of fused-ring (bicyclic) bond motifs is 1. The Labute approximate surface area is 203 Å². The summed E-state index contributed by atoms with van der Waals surface area (Å²) >= 11 is 6.48. The lowest BCUT2D eigenvalue weighted by atomic mass is 9.63. The summed E-state index contributed by atoms with van der Waals surface area (Å²) in [5, 5.41) is 6.26. The van der Waals surface area contributed by atoms with Crippen molar-refractivity contribution < 1.29 is 4.52 Å². The van der Waals surface area contributed by atoms with Gasteiger partial charge in [-0.2, -0.15) is 0 Å². The summed E-state index contributed by atoms with van der Waals surface area (Å²) in [6.45, 7) is 2.13. The van der Waals surface area contributed by atoms with Gasteiger partial charge in [0.1, 0.15) is 17.1 Å². The van der Waals surface area contributed by atoms with E-state index in [2.05, 4.69) is 50.4 Å². The van der Waals surface area contributed by atoms with Crippen LogP contribution in [0.2, 0.25) is 5.02 Å². The van der Waals surface area contributed by atoms with E-state index in [4.69, 9.17) is 16.1 Å². The molecule has 0 N–H and O–H groups in total. The highest BCUT2D eigenvalue weighted by atomic mass is 35.5. The van der Waals surface area contributed by atoms with Crippen molar-refractivity contribution in [1.29, 1.82) is 0 Å². The molecule has 0 amide bonds. The first-order valence-corrected chi connectivity index (χ1v) is 12.5. The Bertz CT molecular complexity index is 1430. The number of hydrogen-bond donors (Lipinski definition) is 0. The van der Waals surface area contributed by atoms with Crippen molar-refractivity contribution in [3.05, 3.63) is 77.3 Å². The molecule has 170 valence electrons. The van der Waals surface area contributed by atoms with Gasteiger partial charge >= 0.3 is 0 Å². The summed E-state index contributed by atoms with van der Waals surface area (Å²) in [4.78, 5) is 11.5. The molecule has 0 unspecified atom stereocenters. The molecule has 0 bridgehead atoms. The molecule has 5 nitrogen and oxygen atoms in total. The summed E-state index contributed by atoms with van der Waals surface area (Å²) < 4.78 is 5.87. The van der Waals surface area contributed by atoms with Crippen LogP contribution in [0, 0.1) is 5.41 Å². The smallest absolute Gasteiger partial charge is 0.147 e. The number of allylic oxidation sites excluding steroid dienone is 2. The normalized spacial score (nSPS) is 19.3. The molecule has 4 aromatic rings. The summed E-state index contributed by atoms with van der Waals surface area (Å²) in [5.74, 6) is 1.51. The number of rotatable bonds is 4. The monoisotopic (exact) mass is 468 g/mol. The first-order chi connectivity index (χ1) is 16.7. The van der Waals surface area contributed by atoms with Crippen LogP contribution in [-0.4, -0.2) is 28.2 Å². The molecule has 3 aromatic heterocycles. The fourth-order valence-electron chi connectivity index (χ4n) is 5.63. The van der Waals surface area contributed by atoms with E-state index in [0.717, 1.165) is 60.6 Å². The van der Waals surface area contributed by atoms with Crippen LogP contribution >= 0.6 is 11.6 Å². The van der Waals surface area contributed by atoms with Gasteiger partial charge in [-0.05, 0) is 79.5 Å². The van der Waals surface area contributed by atoms with E-state index in [1.165, 1.54) is 29.5 Å². The van der Waals surface area contributed by atoms with Gasteiger partial charge in [0.15, 0.2) is 0 Å². The second-order valence-corrected chi connectivity index (χ2v) is 10.4. The summed E-state index contributed by atoms with van der Waals surface area (Å²) in [6.07, 6.45) is 11.8. The van der Waals surface area contributed by atoms with Gasteiger partial charge in [0, 0.05) is 42.5 Å². The topological polar surface area (TPSA) is 55.1 Å². The van der Waals surface area contributed by atoms with Gasteiger partial charge in [-0.3, -0.25) is 9.97 Å². The minimum atomic E-state index is 0.271. The molecule has 1 saturated carbocycles. The third kappa shape index (κ3) is 3.33. The summed E-state index contributed by atoms with van der Waals surface area (Å²) in [6, 6.07) is 14.5. The highest BCUT2D eigenvalue weighted by Crippen LogP contribution is 2.55. The lowest BCUT2D eigenvalue weighted by Crippen LogP contribution is -2.42. The fraction of sp³-hybridized carbons (Fsp3) is 0.321. The Kier molecular flexibility index (Phi) is 4.56. The molecule has 1 aromatic carbocycles. The van der Waals surface area contributed by atoms with Gasteiger partial charge in [0.05, 0.1) is 16.1 Å². The van der Waals surface area contributed by atoms with Crippen LogP contribution in [0.25, 0.3) is 27.9 Å². The molecule has 0 radical (unpaired) electrons. The first-order valence-electron chi connectivity index (χ1n) is 12.1. The van der Waals surface area contributed by atoms with Crippen molar-refractivity contribution in [3.8, 4) is 11.4 Å². The average Bonchev–Trinajstić information content (AvgIpc) is 3.61. The minimum Gasteiger partial charge on any atom is -0.371 e. The van der Waals surface area contributed by atoms with Crippen LogP contribution in [0.1, 0.15) is 49.3 Å². The molecule has 7 rings (SSSR count). The number of hydrogen-bond acceptors (Lipinski definition) is 5. The molecule has 2 aliphatic carbocycles. The molecule has 4 heterocycles. The second-order valence-electron chi connectivity index (χ2n) is 9.95. The lowest BCUT2D eigenvalue weighted by Gasteiger charge is -2.47. The molecule has 1 aliphatic heterocycles. The van der Waals surface area contributed by atoms with Gasteiger partial charge in [-0.25, -0.2) is 0 Å². The molecule has 6 heteroatoms. The van der Waals surface area contributed by atoms with E-state index in [1.54, 1.807) is 6.20 Å². The van der Waals surface area contributed by atoms with Crippen LogP contribution in [0.15, 0.2) is 65.5 Å². The zero-order valence-corrected chi connectivity index (χ0v) is 19.6. The Hall–Kier alpha value is -3.18. The zero-order valence-electron chi connectivity index (χ0n) is 18.9. The Morgan fingerprint density at radius 1 is 0.971 bits per heavy atom. The number of nitrogens with zero attached hydrogens (tertiary/aromatic N) is 4. The van der Waals surface area contributed by atoms with Crippen LogP contribution in [-0.2, 0) is 0 Å². The first kappa shape index (κ1) is 20.2. The van der Waals surface area contributed by atoms with E-state index in [9.17, 15) is 0 Å². The maximum atomic E-state index is 6.48. The quantitative estimate of drug-likeness (QED) is 0.326. The lowest BCUT2D eigenvalue weighted by molar-refractivity contribution is 0.277. The predicted octanol–water partition coefficient (Wildman–Crippen LogP) is 6.89. The molecule has 1 saturated heterocycles. The van der Waals surface area contributed by atoms with Gasteiger partial charge in [0.2, 0.25) is 0 Å². The van der Waals surface area contributed by atoms with E-state index in [-0.39, 0.29) is 5.41 Å². The molecule has 2 fully saturated rings. The Morgan fingerprint density at radius 3 is 2.56 bits per heavy atom. The average molecular weight is 469 g/mol. The predicted molar refractivity (Wildman–Crippen MR) is 135 cm³/mol. The van der Waals surface area contributed by atoms with Gasteiger partial charge in [-0.15, -0.1) is 0 Å². The molecular formula is C28H25ClN4O. The standard InChI is InChI=1S/C28H25ClN4O/c29-22-4-2-12-31-25(22)26-24(27(34-32-26)18-5-6-18)20-16-28(17-20)9-13-33(14-10-28)21-7-8-23-19(15-21)3-1-11-30-23/h1-4,7-8,11-12,15-16,18H,5-6,9-10,13-14,17H2. The van der Waals surface area contributed by atoms with E-state index >= 15 is 0 Å².